The Morgan fingerprint density at radius 3 is 2.95 bits per heavy atom. The minimum atomic E-state index is 0.812. The summed E-state index contributed by atoms with van der Waals surface area (Å²) in [6.07, 6.45) is 0. The largest absolute Gasteiger partial charge is 0.370 e. The van der Waals surface area contributed by atoms with Crippen LogP contribution < -0.4 is 5.32 Å². The molecule has 6 heteroatoms. The van der Waals surface area contributed by atoms with Crippen LogP contribution in [0.3, 0.4) is 0 Å². The van der Waals surface area contributed by atoms with Gasteiger partial charge in [-0.25, -0.2) is 9.97 Å². The first kappa shape index (κ1) is 12.9. The maximum atomic E-state index is 4.63. The number of thiophene rings is 2. The van der Waals surface area contributed by atoms with Gasteiger partial charge in [0.2, 0.25) is 0 Å². The molecule has 0 bridgehead atoms. The van der Waals surface area contributed by atoms with E-state index in [-0.39, 0.29) is 0 Å². The van der Waals surface area contributed by atoms with Crippen LogP contribution in [0, 0.1) is 0 Å². The molecule has 19 heavy (non-hydrogen) atoms. The molecule has 0 radical (unpaired) electrons. The van der Waals surface area contributed by atoms with E-state index >= 15 is 0 Å². The van der Waals surface area contributed by atoms with E-state index in [0.717, 1.165) is 34.2 Å². The third-order valence-electron chi connectivity index (χ3n) is 2.55. The number of nitrogens with zero attached hydrogens (tertiary/aromatic N) is 2. The second-order valence-corrected chi connectivity index (χ2v) is 7.00. The topological polar surface area (TPSA) is 37.8 Å². The summed E-state index contributed by atoms with van der Waals surface area (Å²) in [6.45, 7) is 2.96. The molecule has 3 aromatic rings. The molecule has 0 spiro atoms. The Kier molecular flexibility index (Phi) is 4.00. The lowest BCUT2D eigenvalue weighted by Crippen LogP contribution is -2.03. The van der Waals surface area contributed by atoms with Crippen molar-refractivity contribution in [3.63, 3.8) is 0 Å². The highest BCUT2D eigenvalue weighted by molar-refractivity contribution is 8.00. The summed E-state index contributed by atoms with van der Waals surface area (Å²) in [7, 11) is 0. The molecule has 0 aliphatic rings. The Morgan fingerprint density at radius 2 is 2.16 bits per heavy atom. The summed E-state index contributed by atoms with van der Waals surface area (Å²) in [5.74, 6) is 2.66. The van der Waals surface area contributed by atoms with Crippen LogP contribution in [0.4, 0.5) is 5.82 Å². The van der Waals surface area contributed by atoms with Crippen LogP contribution in [-0.4, -0.2) is 16.5 Å². The van der Waals surface area contributed by atoms with Gasteiger partial charge in [0.15, 0.2) is 0 Å². The third-order valence-corrected chi connectivity index (χ3v) is 5.49. The normalized spacial score (nSPS) is 11.0. The first-order valence-corrected chi connectivity index (χ1v) is 8.75. The lowest BCUT2D eigenvalue weighted by Gasteiger charge is -2.06. The summed E-state index contributed by atoms with van der Waals surface area (Å²) in [5, 5.41) is 8.60. The van der Waals surface area contributed by atoms with Gasteiger partial charge in [0.25, 0.3) is 0 Å². The molecule has 0 unspecified atom stereocenters. The molecule has 98 valence electrons. The number of thioether (sulfide) groups is 1. The van der Waals surface area contributed by atoms with Crippen LogP contribution in [0.5, 0.6) is 0 Å². The minimum absolute atomic E-state index is 0.812. The number of hydrogen-bond acceptors (Lipinski definition) is 6. The molecule has 0 amide bonds. The lowest BCUT2D eigenvalue weighted by atomic mass is 10.3. The Labute approximate surface area is 124 Å². The maximum Gasteiger partial charge on any atom is 0.142 e. The molecule has 0 fully saturated rings. The van der Waals surface area contributed by atoms with Gasteiger partial charge in [0.05, 0.1) is 15.3 Å². The quantitative estimate of drug-likeness (QED) is 0.705. The standard InChI is InChI=1S/C13H13N3S3/c1-2-14-12-9-5-7-18-13(9)16-10(15-12)8-19-11-4-3-6-17-11/h3-7H,2,8H2,1H3,(H,14,15,16). The molecule has 3 rings (SSSR count). The zero-order valence-electron chi connectivity index (χ0n) is 10.4. The van der Waals surface area contributed by atoms with Crippen LogP contribution in [0.1, 0.15) is 12.7 Å². The Balaban J connectivity index is 1.86. The van der Waals surface area contributed by atoms with Crippen molar-refractivity contribution in [3.05, 3.63) is 34.8 Å². The molecule has 0 saturated heterocycles. The third kappa shape index (κ3) is 2.91. The van der Waals surface area contributed by atoms with Gasteiger partial charge in [0, 0.05) is 6.54 Å². The molecule has 3 aromatic heterocycles. The molecule has 0 saturated carbocycles. The van der Waals surface area contributed by atoms with E-state index in [2.05, 4.69) is 51.2 Å². The van der Waals surface area contributed by atoms with Crippen LogP contribution in [0.25, 0.3) is 10.2 Å². The van der Waals surface area contributed by atoms with E-state index in [1.165, 1.54) is 4.21 Å². The fourth-order valence-electron chi connectivity index (χ4n) is 1.75. The monoisotopic (exact) mass is 307 g/mol. The van der Waals surface area contributed by atoms with E-state index in [1.807, 2.05) is 0 Å². The van der Waals surface area contributed by atoms with Crippen LogP contribution >= 0.6 is 34.4 Å². The van der Waals surface area contributed by atoms with Crippen molar-refractivity contribution in [3.8, 4) is 0 Å². The predicted octanol–water partition coefficient (Wildman–Crippen LogP) is 4.48. The molecule has 3 nitrogen and oxygen atoms in total. The van der Waals surface area contributed by atoms with Crippen LogP contribution in [0.2, 0.25) is 0 Å². The second-order valence-electron chi connectivity index (χ2n) is 3.88. The van der Waals surface area contributed by atoms with Crippen molar-refractivity contribution < 1.29 is 0 Å². The average molecular weight is 307 g/mol. The van der Waals surface area contributed by atoms with Crippen LogP contribution in [-0.2, 0) is 5.75 Å². The molecule has 0 aliphatic carbocycles. The Bertz CT molecular complexity index is 661. The van der Waals surface area contributed by atoms with Gasteiger partial charge >= 0.3 is 0 Å². The summed E-state index contributed by atoms with van der Waals surface area (Å²) >= 11 is 5.21. The number of rotatable bonds is 5. The molecular formula is C13H13N3S3. The highest BCUT2D eigenvalue weighted by Gasteiger charge is 2.08. The summed E-state index contributed by atoms with van der Waals surface area (Å²) in [4.78, 5) is 10.3. The van der Waals surface area contributed by atoms with Crippen molar-refractivity contribution in [1.82, 2.24) is 9.97 Å². The van der Waals surface area contributed by atoms with E-state index in [1.54, 1.807) is 34.4 Å². The zero-order chi connectivity index (χ0) is 13.1. The van der Waals surface area contributed by atoms with Crippen molar-refractivity contribution in [1.29, 1.82) is 0 Å². The van der Waals surface area contributed by atoms with Gasteiger partial charge in [-0.3, -0.25) is 0 Å². The highest BCUT2D eigenvalue weighted by atomic mass is 32.2. The van der Waals surface area contributed by atoms with E-state index in [4.69, 9.17) is 0 Å². The van der Waals surface area contributed by atoms with E-state index < -0.39 is 0 Å². The molecule has 3 heterocycles. The first-order chi connectivity index (χ1) is 9.36. The summed E-state index contributed by atoms with van der Waals surface area (Å²) in [5.41, 5.74) is 0. The SMILES string of the molecule is CCNc1nc(CSc2cccs2)nc2sccc12. The Morgan fingerprint density at radius 1 is 1.21 bits per heavy atom. The molecular weight excluding hydrogens is 294 g/mol. The lowest BCUT2D eigenvalue weighted by molar-refractivity contribution is 1.06. The Hall–Kier alpha value is -1.11. The van der Waals surface area contributed by atoms with Gasteiger partial charge in [0.1, 0.15) is 16.5 Å². The zero-order valence-corrected chi connectivity index (χ0v) is 12.9. The van der Waals surface area contributed by atoms with E-state index in [9.17, 15) is 0 Å². The van der Waals surface area contributed by atoms with E-state index in [0.29, 0.717) is 0 Å². The van der Waals surface area contributed by atoms with Gasteiger partial charge in [-0.15, -0.1) is 34.4 Å². The number of aromatic nitrogens is 2. The minimum Gasteiger partial charge on any atom is -0.370 e. The first-order valence-electron chi connectivity index (χ1n) is 6.01. The average Bonchev–Trinajstić information content (AvgIpc) is 3.08. The van der Waals surface area contributed by atoms with Crippen molar-refractivity contribution in [2.24, 2.45) is 0 Å². The fraction of sp³-hybridized carbons (Fsp3) is 0.231. The number of nitrogens with one attached hydrogen (secondary N) is 1. The molecule has 0 aromatic carbocycles. The van der Waals surface area contributed by atoms with Crippen molar-refractivity contribution in [2.45, 2.75) is 16.9 Å². The maximum absolute atomic E-state index is 4.63. The van der Waals surface area contributed by atoms with Crippen molar-refractivity contribution in [2.75, 3.05) is 11.9 Å². The molecule has 1 N–H and O–H groups in total. The van der Waals surface area contributed by atoms with Crippen LogP contribution in [0.15, 0.2) is 33.2 Å². The number of fused-ring (bicyclic) bond motifs is 1. The molecule has 0 atom stereocenters. The summed E-state index contributed by atoms with van der Waals surface area (Å²) in [6, 6.07) is 6.28. The van der Waals surface area contributed by atoms with Gasteiger partial charge in [-0.2, -0.15) is 0 Å². The number of hydrogen-bond donors (Lipinski definition) is 1. The molecule has 0 aliphatic heterocycles. The van der Waals surface area contributed by atoms with Crippen molar-refractivity contribution >= 4 is 50.5 Å². The highest BCUT2D eigenvalue weighted by Crippen LogP contribution is 2.29. The smallest absolute Gasteiger partial charge is 0.142 e. The fourth-order valence-corrected chi connectivity index (χ4v) is 4.17. The van der Waals surface area contributed by atoms with Gasteiger partial charge in [-0.1, -0.05) is 6.07 Å². The number of anilines is 1. The predicted molar refractivity (Wildman–Crippen MR) is 85.5 cm³/mol. The second kappa shape index (κ2) is 5.90. The van der Waals surface area contributed by atoms with Gasteiger partial charge < -0.3 is 5.32 Å². The van der Waals surface area contributed by atoms with Gasteiger partial charge in [-0.05, 0) is 29.8 Å². The summed E-state index contributed by atoms with van der Waals surface area (Å²) < 4.78 is 1.31.